The van der Waals surface area contributed by atoms with Crippen LogP contribution in [0.5, 0.6) is 23.0 Å². The van der Waals surface area contributed by atoms with E-state index in [1.807, 2.05) is 0 Å². The lowest BCUT2D eigenvalue weighted by Gasteiger charge is -2.11. The van der Waals surface area contributed by atoms with Gasteiger partial charge in [-0.25, -0.2) is 8.78 Å². The summed E-state index contributed by atoms with van der Waals surface area (Å²) in [6.07, 6.45) is 7.92. The number of hydrazone groups is 2. The van der Waals surface area contributed by atoms with Crippen molar-refractivity contribution in [3.63, 3.8) is 0 Å². The number of hydrogen-bond acceptors (Lipinski definition) is 8. The maximum absolute atomic E-state index is 14.2. The van der Waals surface area contributed by atoms with E-state index in [2.05, 4.69) is 21.1 Å². The van der Waals surface area contributed by atoms with Crippen LogP contribution >= 0.6 is 24.4 Å². The van der Waals surface area contributed by atoms with Gasteiger partial charge in [0, 0.05) is 5.57 Å². The molecule has 0 saturated heterocycles. The number of phenols is 2. The number of rotatable bonds is 11. The second-order valence-electron chi connectivity index (χ2n) is 8.71. The summed E-state index contributed by atoms with van der Waals surface area (Å²) in [4.78, 5) is 0. The molecule has 0 unspecified atom stereocenters. The van der Waals surface area contributed by atoms with Gasteiger partial charge in [0.25, 0.3) is 0 Å². The average Bonchev–Trinajstić information content (AvgIpc) is 2.99. The standard InChI is InChI=1S/C30H28F2N6O4S2/c1-41-27-15-17(6-11-25(27)39)4-9-23(35-37-29(33)43)20(13-19-3-8-21(31)22(32)14-19)24(36-38-30(34)44)10-5-18-7-12-26(40)28(16-18)42-2/h3-16,39-40H,1-2H3,(H3,33,37,43)(H3,34,38,44). The van der Waals surface area contributed by atoms with Crippen molar-refractivity contribution < 1.29 is 28.5 Å². The molecule has 44 heavy (non-hydrogen) atoms. The van der Waals surface area contributed by atoms with Crippen molar-refractivity contribution in [3.05, 3.63) is 101 Å². The number of nitrogens with one attached hydrogen (secondary N) is 2. The van der Waals surface area contributed by atoms with Gasteiger partial charge in [-0.05, 0) is 95.8 Å². The summed E-state index contributed by atoms with van der Waals surface area (Å²) in [6, 6.07) is 12.7. The lowest BCUT2D eigenvalue weighted by Crippen LogP contribution is -2.28. The van der Waals surface area contributed by atoms with Crippen molar-refractivity contribution in [2.75, 3.05) is 14.2 Å². The molecule has 0 bridgehead atoms. The highest BCUT2D eigenvalue weighted by atomic mass is 32.1. The first-order valence-electron chi connectivity index (χ1n) is 12.5. The molecule has 0 aliphatic rings. The normalized spacial score (nSPS) is 11.8. The number of halogens is 2. The van der Waals surface area contributed by atoms with Crippen molar-refractivity contribution in [3.8, 4) is 23.0 Å². The molecule has 10 nitrogen and oxygen atoms in total. The molecule has 8 N–H and O–H groups in total. The Morgan fingerprint density at radius 1 is 0.727 bits per heavy atom. The minimum atomic E-state index is -1.07. The smallest absolute Gasteiger partial charge is 0.184 e. The highest BCUT2D eigenvalue weighted by Crippen LogP contribution is 2.28. The Morgan fingerprint density at radius 2 is 1.18 bits per heavy atom. The van der Waals surface area contributed by atoms with Gasteiger partial charge in [0.1, 0.15) is 0 Å². The molecular formula is C30H28F2N6O4S2. The van der Waals surface area contributed by atoms with E-state index < -0.39 is 11.6 Å². The van der Waals surface area contributed by atoms with E-state index in [1.54, 1.807) is 48.6 Å². The van der Waals surface area contributed by atoms with E-state index in [9.17, 15) is 19.0 Å². The lowest BCUT2D eigenvalue weighted by atomic mass is 9.99. The molecule has 0 aliphatic carbocycles. The number of aromatic hydroxyl groups is 2. The minimum absolute atomic E-state index is 0.0538. The summed E-state index contributed by atoms with van der Waals surface area (Å²) in [5, 5.41) is 28.3. The number of phenolic OH excluding ortho intramolecular Hbond substituents is 2. The number of thiocarbonyl (C=S) groups is 2. The summed E-state index contributed by atoms with van der Waals surface area (Å²) >= 11 is 9.89. The van der Waals surface area contributed by atoms with Crippen molar-refractivity contribution >= 4 is 64.3 Å². The largest absolute Gasteiger partial charge is 0.504 e. The topological polar surface area (TPSA) is 160 Å². The second-order valence-corrected chi connectivity index (χ2v) is 9.59. The first kappa shape index (κ1) is 33.2. The Kier molecular flexibility index (Phi) is 11.9. The molecule has 0 radical (unpaired) electrons. The predicted molar refractivity (Wildman–Crippen MR) is 176 cm³/mol. The Balaban J connectivity index is 2.26. The number of benzene rings is 3. The van der Waals surface area contributed by atoms with E-state index in [4.69, 9.17) is 45.4 Å². The molecule has 0 heterocycles. The number of ether oxygens (including phenoxy) is 2. The highest BCUT2D eigenvalue weighted by Gasteiger charge is 2.14. The Bertz CT molecular complexity index is 1610. The van der Waals surface area contributed by atoms with Crippen LogP contribution in [0.1, 0.15) is 16.7 Å². The zero-order valence-electron chi connectivity index (χ0n) is 23.4. The fourth-order valence-electron chi connectivity index (χ4n) is 3.60. The van der Waals surface area contributed by atoms with Crippen LogP contribution in [0.3, 0.4) is 0 Å². The van der Waals surface area contributed by atoms with Gasteiger partial charge in [-0.3, -0.25) is 10.9 Å². The zero-order valence-corrected chi connectivity index (χ0v) is 25.0. The molecular weight excluding hydrogens is 610 g/mol. The molecule has 3 aromatic carbocycles. The molecule has 3 aromatic rings. The van der Waals surface area contributed by atoms with Crippen molar-refractivity contribution in [1.82, 2.24) is 10.9 Å². The summed E-state index contributed by atoms with van der Waals surface area (Å²) in [5.41, 5.74) is 18.4. The van der Waals surface area contributed by atoms with Crippen LogP contribution in [0.25, 0.3) is 18.2 Å². The van der Waals surface area contributed by atoms with E-state index in [-0.39, 0.29) is 55.8 Å². The number of nitrogens with two attached hydrogens (primary N) is 2. The average molecular weight is 639 g/mol. The fraction of sp³-hybridized carbons (Fsp3) is 0.0667. The van der Waals surface area contributed by atoms with Crippen LogP contribution in [0, 0.1) is 11.6 Å². The van der Waals surface area contributed by atoms with Crippen LogP contribution in [0.4, 0.5) is 8.78 Å². The SMILES string of the molecule is COc1cc(C=CC(=NNC(N)=S)C(=Cc2ccc(F)c(F)c2)C(C=Cc2ccc(O)c(OC)c2)=NNC(N)=S)ccc1O. The van der Waals surface area contributed by atoms with Gasteiger partial charge in [-0.15, -0.1) is 0 Å². The first-order valence-corrected chi connectivity index (χ1v) is 13.4. The monoisotopic (exact) mass is 638 g/mol. The van der Waals surface area contributed by atoms with Crippen LogP contribution in [-0.2, 0) is 0 Å². The third-order valence-electron chi connectivity index (χ3n) is 5.65. The summed E-state index contributed by atoms with van der Waals surface area (Å²) < 4.78 is 38.4. The Morgan fingerprint density at radius 3 is 1.59 bits per heavy atom. The van der Waals surface area contributed by atoms with E-state index >= 15 is 0 Å². The third-order valence-corrected chi connectivity index (χ3v) is 5.84. The molecule has 0 spiro atoms. The fourth-order valence-corrected chi connectivity index (χ4v) is 3.69. The minimum Gasteiger partial charge on any atom is -0.504 e. The maximum atomic E-state index is 14.2. The van der Waals surface area contributed by atoms with Crippen LogP contribution in [-0.4, -0.2) is 46.1 Å². The van der Waals surface area contributed by atoms with E-state index in [1.165, 1.54) is 38.5 Å². The molecule has 14 heteroatoms. The molecule has 0 amide bonds. The Labute approximate surface area is 262 Å². The molecule has 3 rings (SSSR count). The van der Waals surface area contributed by atoms with Gasteiger partial charge < -0.3 is 31.2 Å². The van der Waals surface area contributed by atoms with Crippen LogP contribution in [0.2, 0.25) is 0 Å². The van der Waals surface area contributed by atoms with Gasteiger partial charge in [0.2, 0.25) is 0 Å². The van der Waals surface area contributed by atoms with Gasteiger partial charge in [0.15, 0.2) is 44.9 Å². The third kappa shape index (κ3) is 9.61. The van der Waals surface area contributed by atoms with Crippen molar-refractivity contribution in [1.29, 1.82) is 0 Å². The van der Waals surface area contributed by atoms with Gasteiger partial charge in [-0.1, -0.05) is 30.4 Å². The quantitative estimate of drug-likeness (QED) is 0.0997. The first-order chi connectivity index (χ1) is 21.0. The van der Waals surface area contributed by atoms with E-state index in [0.29, 0.717) is 11.1 Å². The van der Waals surface area contributed by atoms with Gasteiger partial charge in [-0.2, -0.15) is 10.2 Å². The highest BCUT2D eigenvalue weighted by molar-refractivity contribution is 7.80. The molecule has 0 aliphatic heterocycles. The number of allylic oxidation sites excluding steroid dienone is 3. The molecule has 228 valence electrons. The summed E-state index contributed by atoms with van der Waals surface area (Å²) in [5.74, 6) is -1.74. The predicted octanol–water partition coefficient (Wildman–Crippen LogP) is 4.58. The summed E-state index contributed by atoms with van der Waals surface area (Å²) in [7, 11) is 2.83. The number of methoxy groups -OCH3 is 2. The molecule has 0 saturated carbocycles. The van der Waals surface area contributed by atoms with Gasteiger partial charge >= 0.3 is 0 Å². The van der Waals surface area contributed by atoms with Crippen LogP contribution in [0.15, 0.2) is 82.5 Å². The maximum Gasteiger partial charge on any atom is 0.184 e. The van der Waals surface area contributed by atoms with Crippen molar-refractivity contribution in [2.24, 2.45) is 21.7 Å². The molecule has 0 atom stereocenters. The van der Waals surface area contributed by atoms with Crippen LogP contribution < -0.4 is 31.8 Å². The number of hydrogen-bond donors (Lipinski definition) is 6. The van der Waals surface area contributed by atoms with E-state index in [0.717, 1.165) is 12.1 Å². The lowest BCUT2D eigenvalue weighted by molar-refractivity contribution is 0.373. The van der Waals surface area contributed by atoms with Gasteiger partial charge in [0.05, 0.1) is 25.6 Å². The summed E-state index contributed by atoms with van der Waals surface area (Å²) in [6.45, 7) is 0. The number of nitrogens with zero attached hydrogens (tertiary/aromatic N) is 2. The molecule has 0 aromatic heterocycles. The second kappa shape index (κ2) is 15.8. The van der Waals surface area contributed by atoms with Crippen molar-refractivity contribution in [2.45, 2.75) is 0 Å². The zero-order chi connectivity index (χ0) is 32.2. The molecule has 0 fully saturated rings. The Hall–Kier alpha value is -5.34.